The third kappa shape index (κ3) is 3.30. The first-order valence-electron chi connectivity index (χ1n) is 3.75. The topological polar surface area (TPSA) is 38.3 Å². The van der Waals surface area contributed by atoms with E-state index in [0.717, 1.165) is 0 Å². The number of terminal acetylenes is 1. The lowest BCUT2D eigenvalue weighted by atomic mass is 10.3. The largest absolute Gasteiger partial charge is 0.436 e. The highest BCUT2D eigenvalue weighted by Crippen LogP contribution is 2.04. The Balaban J connectivity index is 2.42. The molecule has 3 nitrogen and oxygen atoms in total. The molecule has 1 amide bonds. The van der Waals surface area contributed by atoms with Crippen molar-refractivity contribution >= 4 is 11.8 Å². The van der Waals surface area contributed by atoms with Crippen molar-refractivity contribution in [3.63, 3.8) is 0 Å². The van der Waals surface area contributed by atoms with Crippen molar-refractivity contribution in [2.45, 2.75) is 0 Å². The molecule has 0 unspecified atom stereocenters. The molecule has 0 aliphatic rings. The van der Waals surface area contributed by atoms with Gasteiger partial charge in [-0.2, -0.15) is 0 Å². The number of ether oxygens (including phenoxy) is 1. The van der Waals surface area contributed by atoms with Gasteiger partial charge in [-0.05, 0) is 12.1 Å². The summed E-state index contributed by atoms with van der Waals surface area (Å²) < 4.78 is 4.61. The van der Waals surface area contributed by atoms with Gasteiger partial charge in [-0.25, -0.2) is 4.79 Å². The van der Waals surface area contributed by atoms with E-state index in [1.54, 1.807) is 12.1 Å². The van der Waals surface area contributed by atoms with Crippen molar-refractivity contribution in [3.8, 4) is 12.3 Å². The van der Waals surface area contributed by atoms with Crippen LogP contribution in [0.1, 0.15) is 0 Å². The Labute approximate surface area is 76.7 Å². The number of carbonyl (C=O) groups excluding carboxylic acids is 1. The van der Waals surface area contributed by atoms with Crippen LogP contribution in [0.5, 0.6) is 0 Å². The molecule has 0 bridgehead atoms. The number of benzene rings is 1. The molecule has 0 radical (unpaired) electrons. The van der Waals surface area contributed by atoms with Crippen LogP contribution in [0.15, 0.2) is 30.3 Å². The fourth-order valence-corrected chi connectivity index (χ4v) is 0.783. The van der Waals surface area contributed by atoms with Crippen LogP contribution in [0.25, 0.3) is 0 Å². The molecule has 0 spiro atoms. The third-order valence-electron chi connectivity index (χ3n) is 1.31. The van der Waals surface area contributed by atoms with Gasteiger partial charge in [0.05, 0.1) is 0 Å². The Bertz CT molecular complexity index is 313. The van der Waals surface area contributed by atoms with E-state index in [9.17, 15) is 4.79 Å². The predicted octanol–water partition coefficient (Wildman–Crippen LogP) is 1.87. The number of nitrogens with one attached hydrogen (secondary N) is 1. The molecular formula is C10H9NO2. The number of carbonyl (C=O) groups is 1. The van der Waals surface area contributed by atoms with Crippen LogP contribution < -0.4 is 5.32 Å². The summed E-state index contributed by atoms with van der Waals surface area (Å²) in [5, 5.41) is 2.52. The standard InChI is InChI=1S/C10H9NO2/c1-2-8-13-10(12)11-9-6-4-3-5-7-9/h1,3-7H,8H2,(H,11,12). The van der Waals surface area contributed by atoms with E-state index in [2.05, 4.69) is 16.0 Å². The van der Waals surface area contributed by atoms with Gasteiger partial charge in [0.1, 0.15) is 0 Å². The summed E-state index contributed by atoms with van der Waals surface area (Å²) in [6.07, 6.45) is 4.38. The number of amides is 1. The van der Waals surface area contributed by atoms with E-state index in [1.165, 1.54) is 0 Å². The van der Waals surface area contributed by atoms with Crippen LogP contribution in [0.2, 0.25) is 0 Å². The Morgan fingerprint density at radius 1 is 1.46 bits per heavy atom. The van der Waals surface area contributed by atoms with Gasteiger partial charge in [0.15, 0.2) is 6.61 Å². The molecule has 0 atom stereocenters. The maximum Gasteiger partial charge on any atom is 0.412 e. The SMILES string of the molecule is C#CCOC(=O)Nc1ccccc1. The van der Waals surface area contributed by atoms with Gasteiger partial charge in [0.2, 0.25) is 0 Å². The van der Waals surface area contributed by atoms with E-state index >= 15 is 0 Å². The molecular weight excluding hydrogens is 166 g/mol. The smallest absolute Gasteiger partial charge is 0.412 e. The molecule has 0 aliphatic heterocycles. The lowest BCUT2D eigenvalue weighted by molar-refractivity contribution is 0.176. The average molecular weight is 175 g/mol. The van der Waals surface area contributed by atoms with Crippen LogP contribution in [0.3, 0.4) is 0 Å². The maximum atomic E-state index is 10.9. The quantitative estimate of drug-likeness (QED) is 0.697. The first-order chi connectivity index (χ1) is 6.33. The summed E-state index contributed by atoms with van der Waals surface area (Å²) in [4.78, 5) is 10.9. The summed E-state index contributed by atoms with van der Waals surface area (Å²) in [5.41, 5.74) is 0.685. The Hall–Kier alpha value is -1.95. The minimum atomic E-state index is -0.538. The summed E-state index contributed by atoms with van der Waals surface area (Å²) in [5.74, 6) is 2.20. The summed E-state index contributed by atoms with van der Waals surface area (Å²) in [6, 6.07) is 9.01. The van der Waals surface area contributed by atoms with Crippen molar-refractivity contribution in [3.05, 3.63) is 30.3 Å². The number of rotatable bonds is 2. The molecule has 66 valence electrons. The molecule has 0 saturated heterocycles. The van der Waals surface area contributed by atoms with Crippen molar-refractivity contribution in [2.24, 2.45) is 0 Å². The van der Waals surface area contributed by atoms with E-state index in [4.69, 9.17) is 6.42 Å². The molecule has 0 saturated carbocycles. The fraction of sp³-hybridized carbons (Fsp3) is 0.100. The van der Waals surface area contributed by atoms with Crippen LogP contribution in [-0.4, -0.2) is 12.7 Å². The van der Waals surface area contributed by atoms with Gasteiger partial charge in [0.25, 0.3) is 0 Å². The molecule has 0 fully saturated rings. The van der Waals surface area contributed by atoms with E-state index < -0.39 is 6.09 Å². The Kier molecular flexibility index (Phi) is 3.40. The van der Waals surface area contributed by atoms with Crippen LogP contribution in [0.4, 0.5) is 10.5 Å². The summed E-state index contributed by atoms with van der Waals surface area (Å²) >= 11 is 0. The number of hydrogen-bond donors (Lipinski definition) is 1. The number of para-hydroxylation sites is 1. The van der Waals surface area contributed by atoms with E-state index in [-0.39, 0.29) is 6.61 Å². The second kappa shape index (κ2) is 4.83. The van der Waals surface area contributed by atoms with Gasteiger partial charge in [-0.1, -0.05) is 24.1 Å². The number of anilines is 1. The first-order valence-corrected chi connectivity index (χ1v) is 3.75. The number of hydrogen-bond acceptors (Lipinski definition) is 2. The minimum Gasteiger partial charge on any atom is -0.436 e. The third-order valence-corrected chi connectivity index (χ3v) is 1.31. The predicted molar refractivity (Wildman–Crippen MR) is 50.2 cm³/mol. The highest BCUT2D eigenvalue weighted by molar-refractivity contribution is 5.84. The maximum absolute atomic E-state index is 10.9. The highest BCUT2D eigenvalue weighted by atomic mass is 16.5. The van der Waals surface area contributed by atoms with Crippen LogP contribution >= 0.6 is 0 Å². The molecule has 1 aromatic carbocycles. The Morgan fingerprint density at radius 2 is 2.15 bits per heavy atom. The zero-order chi connectivity index (χ0) is 9.52. The van der Waals surface area contributed by atoms with Crippen molar-refractivity contribution in [1.29, 1.82) is 0 Å². The minimum absolute atomic E-state index is 0.0152. The molecule has 1 rings (SSSR count). The van der Waals surface area contributed by atoms with Crippen molar-refractivity contribution in [1.82, 2.24) is 0 Å². The van der Waals surface area contributed by atoms with Gasteiger partial charge >= 0.3 is 6.09 Å². The zero-order valence-electron chi connectivity index (χ0n) is 6.99. The lowest BCUT2D eigenvalue weighted by Crippen LogP contribution is -2.13. The monoisotopic (exact) mass is 175 g/mol. The molecule has 0 heterocycles. The molecule has 0 aliphatic carbocycles. The van der Waals surface area contributed by atoms with Crippen LogP contribution in [0, 0.1) is 12.3 Å². The summed E-state index contributed by atoms with van der Waals surface area (Å²) in [6.45, 7) is -0.0152. The Morgan fingerprint density at radius 3 is 2.77 bits per heavy atom. The highest BCUT2D eigenvalue weighted by Gasteiger charge is 1.99. The first kappa shape index (κ1) is 9.14. The molecule has 0 aromatic heterocycles. The lowest BCUT2D eigenvalue weighted by Gasteiger charge is -2.03. The van der Waals surface area contributed by atoms with Gasteiger partial charge in [-0.15, -0.1) is 6.42 Å². The molecule has 1 aromatic rings. The zero-order valence-corrected chi connectivity index (χ0v) is 6.99. The fourth-order valence-electron chi connectivity index (χ4n) is 0.783. The molecule has 13 heavy (non-hydrogen) atoms. The van der Waals surface area contributed by atoms with Gasteiger partial charge < -0.3 is 4.74 Å². The van der Waals surface area contributed by atoms with E-state index in [1.807, 2.05) is 18.2 Å². The molecule has 1 N–H and O–H groups in total. The van der Waals surface area contributed by atoms with Crippen molar-refractivity contribution in [2.75, 3.05) is 11.9 Å². The van der Waals surface area contributed by atoms with Gasteiger partial charge in [-0.3, -0.25) is 5.32 Å². The summed E-state index contributed by atoms with van der Waals surface area (Å²) in [7, 11) is 0. The molecule has 3 heteroatoms. The van der Waals surface area contributed by atoms with Crippen LogP contribution in [-0.2, 0) is 4.74 Å². The van der Waals surface area contributed by atoms with E-state index in [0.29, 0.717) is 5.69 Å². The second-order valence-electron chi connectivity index (χ2n) is 2.27. The van der Waals surface area contributed by atoms with Gasteiger partial charge in [0, 0.05) is 5.69 Å². The average Bonchev–Trinajstić information content (AvgIpc) is 2.16. The second-order valence-corrected chi connectivity index (χ2v) is 2.27. The van der Waals surface area contributed by atoms with Crippen molar-refractivity contribution < 1.29 is 9.53 Å². The normalized spacial score (nSPS) is 8.54.